The number of carbonyl (C=O) groups excluding carboxylic acids is 2. The number of nitrogens with zero attached hydrogens (tertiary/aromatic N) is 1. The zero-order valence-corrected chi connectivity index (χ0v) is 19.9. The fraction of sp³-hybridized carbons (Fsp3) is 0.692. The van der Waals surface area contributed by atoms with Gasteiger partial charge in [-0.25, -0.2) is 0 Å². The first-order valence-corrected chi connectivity index (χ1v) is 12.6. The van der Waals surface area contributed by atoms with E-state index in [2.05, 4.69) is 51.2 Å². The van der Waals surface area contributed by atoms with E-state index in [-0.39, 0.29) is 29.8 Å². The van der Waals surface area contributed by atoms with Crippen LogP contribution in [0.2, 0.25) is 0 Å². The number of nitrogens with one attached hydrogen (secondary N) is 3. The van der Waals surface area contributed by atoms with E-state index in [9.17, 15) is 9.59 Å². The maximum absolute atomic E-state index is 13.3. The Bertz CT molecular complexity index is 705. The molecular formula is C26H42N4O2. The first-order chi connectivity index (χ1) is 15.6. The van der Waals surface area contributed by atoms with Gasteiger partial charge in [-0.2, -0.15) is 0 Å². The molecular weight excluding hydrogens is 400 g/mol. The van der Waals surface area contributed by atoms with Crippen molar-refractivity contribution in [2.24, 2.45) is 5.92 Å². The van der Waals surface area contributed by atoms with Crippen LogP contribution in [0.4, 0.5) is 0 Å². The number of amides is 2. The monoisotopic (exact) mass is 442 g/mol. The maximum atomic E-state index is 13.3. The fourth-order valence-corrected chi connectivity index (χ4v) is 5.09. The zero-order valence-electron chi connectivity index (χ0n) is 19.9. The third-order valence-electron chi connectivity index (χ3n) is 7.16. The molecule has 2 fully saturated rings. The largest absolute Gasteiger partial charge is 0.350 e. The Morgan fingerprint density at radius 1 is 1.03 bits per heavy atom. The van der Waals surface area contributed by atoms with Crippen molar-refractivity contribution in [1.29, 1.82) is 0 Å². The first-order valence-electron chi connectivity index (χ1n) is 12.6. The predicted molar refractivity (Wildman–Crippen MR) is 129 cm³/mol. The van der Waals surface area contributed by atoms with Crippen molar-refractivity contribution in [2.75, 3.05) is 26.7 Å². The number of hydrogen-bond acceptors (Lipinski definition) is 4. The molecule has 0 unspecified atom stereocenters. The van der Waals surface area contributed by atoms with Gasteiger partial charge in [-0.3, -0.25) is 9.59 Å². The number of likely N-dealkylation sites (tertiary alicyclic amines) is 1. The van der Waals surface area contributed by atoms with Crippen molar-refractivity contribution in [2.45, 2.75) is 82.8 Å². The summed E-state index contributed by atoms with van der Waals surface area (Å²) in [6.45, 7) is 4.89. The molecule has 6 nitrogen and oxygen atoms in total. The molecule has 1 aromatic rings. The number of hydrogen-bond donors (Lipinski definition) is 3. The molecule has 3 rings (SSSR count). The number of likely N-dealkylation sites (N-methyl/N-ethyl adjacent to an activating group) is 1. The van der Waals surface area contributed by atoms with Crippen LogP contribution in [0.15, 0.2) is 30.3 Å². The Morgan fingerprint density at radius 3 is 2.50 bits per heavy atom. The highest BCUT2D eigenvalue weighted by molar-refractivity contribution is 5.90. The number of benzene rings is 1. The minimum atomic E-state index is -0.424. The SMILES string of the molecule is CN[C@@H](C)C(=O)N[C@H](C(=O)N[C@H]1CCCN(CCCc2ccccc2)C1)C1CCCCC1. The topological polar surface area (TPSA) is 73.5 Å². The minimum Gasteiger partial charge on any atom is -0.350 e. The van der Waals surface area contributed by atoms with E-state index in [4.69, 9.17) is 0 Å². The van der Waals surface area contributed by atoms with Gasteiger partial charge in [0.05, 0.1) is 6.04 Å². The Hall–Kier alpha value is -1.92. The van der Waals surface area contributed by atoms with Crippen LogP contribution in [-0.4, -0.2) is 61.5 Å². The second kappa shape index (κ2) is 12.9. The van der Waals surface area contributed by atoms with Gasteiger partial charge >= 0.3 is 0 Å². The normalized spacial score (nSPS) is 22.1. The molecule has 0 spiro atoms. The Kier molecular flexibility index (Phi) is 10.0. The predicted octanol–water partition coefficient (Wildman–Crippen LogP) is 2.87. The van der Waals surface area contributed by atoms with Gasteiger partial charge in [0, 0.05) is 12.6 Å². The van der Waals surface area contributed by atoms with Crippen LogP contribution in [0, 0.1) is 5.92 Å². The molecule has 1 saturated heterocycles. The van der Waals surface area contributed by atoms with E-state index in [1.165, 1.54) is 12.0 Å². The molecule has 1 aliphatic carbocycles. The van der Waals surface area contributed by atoms with Gasteiger partial charge in [-0.1, -0.05) is 49.6 Å². The number of aryl methyl sites for hydroxylation is 1. The fourth-order valence-electron chi connectivity index (χ4n) is 5.09. The summed E-state index contributed by atoms with van der Waals surface area (Å²) in [4.78, 5) is 28.3. The van der Waals surface area contributed by atoms with Gasteiger partial charge in [-0.05, 0) is 77.1 Å². The number of carbonyl (C=O) groups is 2. The molecule has 1 aromatic carbocycles. The summed E-state index contributed by atoms with van der Waals surface area (Å²) in [6.07, 6.45) is 9.89. The van der Waals surface area contributed by atoms with Gasteiger partial charge in [0.25, 0.3) is 0 Å². The molecule has 2 amide bonds. The van der Waals surface area contributed by atoms with Crippen LogP contribution in [0.5, 0.6) is 0 Å². The molecule has 2 aliphatic rings. The Morgan fingerprint density at radius 2 is 1.78 bits per heavy atom. The molecule has 1 saturated carbocycles. The lowest BCUT2D eigenvalue weighted by Crippen LogP contribution is -2.58. The highest BCUT2D eigenvalue weighted by Gasteiger charge is 2.33. The summed E-state index contributed by atoms with van der Waals surface area (Å²) in [6, 6.07) is 10.1. The third-order valence-corrected chi connectivity index (χ3v) is 7.16. The van der Waals surface area contributed by atoms with Crippen molar-refractivity contribution in [3.8, 4) is 0 Å². The van der Waals surface area contributed by atoms with Gasteiger partial charge in [-0.15, -0.1) is 0 Å². The van der Waals surface area contributed by atoms with Crippen molar-refractivity contribution in [3.05, 3.63) is 35.9 Å². The second-order valence-corrected chi connectivity index (χ2v) is 9.63. The van der Waals surface area contributed by atoms with Crippen LogP contribution in [0.1, 0.15) is 63.9 Å². The van der Waals surface area contributed by atoms with E-state index in [1.54, 1.807) is 7.05 Å². The summed E-state index contributed by atoms with van der Waals surface area (Å²) >= 11 is 0. The van der Waals surface area contributed by atoms with Crippen LogP contribution >= 0.6 is 0 Å². The van der Waals surface area contributed by atoms with Gasteiger partial charge in [0.15, 0.2) is 0 Å². The first kappa shape index (κ1) is 24.7. The number of rotatable bonds is 10. The minimum absolute atomic E-state index is 0.00434. The molecule has 3 atom stereocenters. The average molecular weight is 443 g/mol. The Balaban J connectivity index is 1.51. The van der Waals surface area contributed by atoms with Gasteiger partial charge in [0.1, 0.15) is 6.04 Å². The van der Waals surface area contributed by atoms with E-state index >= 15 is 0 Å². The third kappa shape index (κ3) is 7.59. The van der Waals surface area contributed by atoms with Crippen molar-refractivity contribution in [1.82, 2.24) is 20.9 Å². The number of piperidine rings is 1. The molecule has 1 aliphatic heterocycles. The molecule has 0 bridgehead atoms. The highest BCUT2D eigenvalue weighted by atomic mass is 16.2. The van der Waals surface area contributed by atoms with Crippen molar-refractivity contribution in [3.63, 3.8) is 0 Å². The second-order valence-electron chi connectivity index (χ2n) is 9.63. The van der Waals surface area contributed by atoms with Crippen LogP contribution in [0.3, 0.4) is 0 Å². The van der Waals surface area contributed by atoms with E-state index in [1.807, 2.05) is 6.92 Å². The van der Waals surface area contributed by atoms with Crippen LogP contribution in [0.25, 0.3) is 0 Å². The molecule has 32 heavy (non-hydrogen) atoms. The highest BCUT2D eigenvalue weighted by Crippen LogP contribution is 2.27. The van der Waals surface area contributed by atoms with Crippen molar-refractivity contribution < 1.29 is 9.59 Å². The average Bonchev–Trinajstić information content (AvgIpc) is 2.83. The summed E-state index contributed by atoms with van der Waals surface area (Å²) in [5.74, 6) is 0.149. The molecule has 6 heteroatoms. The molecule has 0 aromatic heterocycles. The smallest absolute Gasteiger partial charge is 0.243 e. The summed E-state index contributed by atoms with van der Waals surface area (Å²) in [5.41, 5.74) is 1.39. The summed E-state index contributed by atoms with van der Waals surface area (Å²) in [7, 11) is 1.77. The zero-order chi connectivity index (χ0) is 22.8. The quantitative estimate of drug-likeness (QED) is 0.521. The standard InChI is InChI=1S/C26H42N4O2/c1-20(27-2)25(31)29-24(22-14-7-4-8-15-22)26(32)28-23-16-10-18-30(19-23)17-9-13-21-11-5-3-6-12-21/h3,5-6,11-12,20,22-24,27H,4,7-10,13-19H2,1-2H3,(H,28,32)(H,29,31)/t20-,23-,24-/m0/s1. The molecule has 3 N–H and O–H groups in total. The Labute approximate surface area is 193 Å². The lowest BCUT2D eigenvalue weighted by Gasteiger charge is -2.36. The summed E-state index contributed by atoms with van der Waals surface area (Å²) in [5, 5.41) is 9.34. The molecule has 1 heterocycles. The molecule has 0 radical (unpaired) electrons. The lowest BCUT2D eigenvalue weighted by molar-refractivity contribution is -0.132. The van der Waals surface area contributed by atoms with E-state index < -0.39 is 6.04 Å². The van der Waals surface area contributed by atoms with Crippen molar-refractivity contribution >= 4 is 11.8 Å². The van der Waals surface area contributed by atoms with Crippen LogP contribution < -0.4 is 16.0 Å². The van der Waals surface area contributed by atoms with Crippen LogP contribution in [-0.2, 0) is 16.0 Å². The van der Waals surface area contributed by atoms with Gasteiger partial charge in [0.2, 0.25) is 11.8 Å². The van der Waals surface area contributed by atoms with E-state index in [0.717, 1.165) is 71.0 Å². The van der Waals surface area contributed by atoms with E-state index in [0.29, 0.717) is 0 Å². The lowest BCUT2D eigenvalue weighted by atomic mass is 9.83. The summed E-state index contributed by atoms with van der Waals surface area (Å²) < 4.78 is 0. The van der Waals surface area contributed by atoms with Gasteiger partial charge < -0.3 is 20.9 Å². The maximum Gasteiger partial charge on any atom is 0.243 e. The molecule has 178 valence electrons.